The lowest BCUT2D eigenvalue weighted by atomic mass is 10.1. The first-order valence-electron chi connectivity index (χ1n) is 9.55. The highest BCUT2D eigenvalue weighted by molar-refractivity contribution is 7.99. The third-order valence-electron chi connectivity index (χ3n) is 4.45. The van der Waals surface area contributed by atoms with Gasteiger partial charge in [0.05, 0.1) is 13.7 Å². The molecule has 0 saturated heterocycles. The molecular formula is C22H22N4O3S. The molecule has 0 spiro atoms. The average Bonchev–Trinajstić information content (AvgIpc) is 2.94. The van der Waals surface area contributed by atoms with Gasteiger partial charge in [-0.1, -0.05) is 36.0 Å². The van der Waals surface area contributed by atoms with Crippen LogP contribution in [0.5, 0.6) is 17.4 Å². The monoisotopic (exact) mass is 422 g/mol. The van der Waals surface area contributed by atoms with Crippen molar-refractivity contribution in [3.8, 4) is 28.6 Å². The van der Waals surface area contributed by atoms with E-state index in [1.165, 1.54) is 11.8 Å². The molecule has 0 bridgehead atoms. The van der Waals surface area contributed by atoms with Crippen LogP contribution in [0, 0.1) is 0 Å². The number of aromatic nitrogens is 3. The van der Waals surface area contributed by atoms with Crippen LogP contribution in [0.1, 0.15) is 18.7 Å². The predicted octanol–water partition coefficient (Wildman–Crippen LogP) is 4.73. The second kappa shape index (κ2) is 9.04. The quantitative estimate of drug-likeness (QED) is 0.433. The molecule has 0 amide bonds. The summed E-state index contributed by atoms with van der Waals surface area (Å²) >= 11 is 1.45. The van der Waals surface area contributed by atoms with Crippen LogP contribution in [-0.2, 0) is 0 Å². The second-order valence-corrected chi connectivity index (χ2v) is 7.37. The van der Waals surface area contributed by atoms with Gasteiger partial charge in [-0.05, 0) is 31.2 Å². The smallest absolute Gasteiger partial charge is 0.247 e. The number of benzene rings is 2. The van der Waals surface area contributed by atoms with Gasteiger partial charge < -0.3 is 19.5 Å². The fourth-order valence-corrected chi connectivity index (χ4v) is 3.63. The molecule has 1 N–H and O–H groups in total. The molecule has 7 nitrogen and oxygen atoms in total. The van der Waals surface area contributed by atoms with E-state index in [0.29, 0.717) is 40.6 Å². The van der Waals surface area contributed by atoms with Crippen LogP contribution >= 0.6 is 11.8 Å². The van der Waals surface area contributed by atoms with Crippen molar-refractivity contribution in [1.82, 2.24) is 15.2 Å². The normalized spacial score (nSPS) is 14.4. The Morgan fingerprint density at radius 3 is 2.87 bits per heavy atom. The van der Waals surface area contributed by atoms with E-state index in [1.807, 2.05) is 49.4 Å². The lowest BCUT2D eigenvalue weighted by Crippen LogP contribution is -2.17. The van der Waals surface area contributed by atoms with E-state index in [0.717, 1.165) is 16.8 Å². The molecule has 0 fully saturated rings. The van der Waals surface area contributed by atoms with Gasteiger partial charge in [-0.2, -0.15) is 4.98 Å². The van der Waals surface area contributed by atoms with Crippen LogP contribution in [0.3, 0.4) is 0 Å². The lowest BCUT2D eigenvalue weighted by molar-refractivity contribution is 0.224. The molecule has 2 aromatic carbocycles. The number of hydrogen-bond donors (Lipinski definition) is 1. The van der Waals surface area contributed by atoms with E-state index in [1.54, 1.807) is 13.2 Å². The maximum atomic E-state index is 6.29. The molecule has 8 heteroatoms. The van der Waals surface area contributed by atoms with E-state index in [9.17, 15) is 0 Å². The Balaban J connectivity index is 1.76. The van der Waals surface area contributed by atoms with Crippen LogP contribution < -0.4 is 19.5 Å². The zero-order valence-electron chi connectivity index (χ0n) is 16.8. The van der Waals surface area contributed by atoms with E-state index in [-0.39, 0.29) is 0 Å². The maximum absolute atomic E-state index is 6.29. The summed E-state index contributed by atoms with van der Waals surface area (Å²) in [6.07, 6.45) is 1.30. The number of fused-ring (bicyclic) bond motifs is 3. The standard InChI is InChI=1S/C22H22N4O3S/c1-4-12-30-22-24-21-19(25-26-22)15-8-6-7-9-16(15)23-20(29-21)14-10-11-17(28-5-2)18(13-14)27-3/h4,6-11,13,20,23H,1,5,12H2,2-3H3/t20-/m0/s1. The number of rotatable bonds is 7. The molecule has 1 aliphatic rings. The van der Waals surface area contributed by atoms with Crippen molar-refractivity contribution >= 4 is 17.4 Å². The summed E-state index contributed by atoms with van der Waals surface area (Å²) in [5, 5.41) is 12.6. The van der Waals surface area contributed by atoms with Crippen molar-refractivity contribution in [1.29, 1.82) is 0 Å². The Morgan fingerprint density at radius 1 is 1.20 bits per heavy atom. The summed E-state index contributed by atoms with van der Waals surface area (Å²) in [5.74, 6) is 2.44. The van der Waals surface area contributed by atoms with Gasteiger partial charge in [0.15, 0.2) is 23.4 Å². The van der Waals surface area contributed by atoms with Crippen molar-refractivity contribution in [2.24, 2.45) is 0 Å². The molecule has 1 atom stereocenters. The Hall–Kier alpha value is -3.26. The van der Waals surface area contributed by atoms with E-state index in [4.69, 9.17) is 14.2 Å². The fourth-order valence-electron chi connectivity index (χ4n) is 3.11. The molecule has 2 heterocycles. The highest BCUT2D eigenvalue weighted by atomic mass is 32.2. The van der Waals surface area contributed by atoms with E-state index >= 15 is 0 Å². The minimum atomic E-state index is -0.495. The summed E-state index contributed by atoms with van der Waals surface area (Å²) in [7, 11) is 1.62. The lowest BCUT2D eigenvalue weighted by Gasteiger charge is -2.20. The SMILES string of the molecule is C=CCSc1nnc2c(n1)O[C@@H](c1ccc(OCC)c(OC)c1)Nc1ccccc1-2. The number of nitrogens with zero attached hydrogens (tertiary/aromatic N) is 3. The molecule has 1 aromatic heterocycles. The zero-order chi connectivity index (χ0) is 20.9. The molecule has 0 aliphatic carbocycles. The molecule has 3 aromatic rings. The number of thioether (sulfide) groups is 1. The Kier molecular flexibility index (Phi) is 6.04. The fraction of sp³-hybridized carbons (Fsp3) is 0.227. The third kappa shape index (κ3) is 4.04. The van der Waals surface area contributed by atoms with Gasteiger partial charge in [-0.3, -0.25) is 0 Å². The Morgan fingerprint density at radius 2 is 2.07 bits per heavy atom. The minimum Gasteiger partial charge on any atom is -0.493 e. The molecule has 154 valence electrons. The molecule has 1 aliphatic heterocycles. The van der Waals surface area contributed by atoms with Gasteiger partial charge in [0, 0.05) is 22.6 Å². The number of hydrogen-bond acceptors (Lipinski definition) is 8. The van der Waals surface area contributed by atoms with Gasteiger partial charge in [0.1, 0.15) is 0 Å². The summed E-state index contributed by atoms with van der Waals surface area (Å²) in [6, 6.07) is 13.6. The van der Waals surface area contributed by atoms with Crippen molar-refractivity contribution in [2.75, 3.05) is 24.8 Å². The number of para-hydroxylation sites is 1. The van der Waals surface area contributed by atoms with E-state index in [2.05, 4.69) is 27.1 Å². The molecule has 0 radical (unpaired) electrons. The molecule has 30 heavy (non-hydrogen) atoms. The summed E-state index contributed by atoms with van der Waals surface area (Å²) in [5.41, 5.74) is 3.24. The summed E-state index contributed by atoms with van der Waals surface area (Å²) in [4.78, 5) is 4.60. The highest BCUT2D eigenvalue weighted by Crippen LogP contribution is 2.40. The third-order valence-corrected chi connectivity index (χ3v) is 5.29. The van der Waals surface area contributed by atoms with Crippen LogP contribution in [0.4, 0.5) is 5.69 Å². The van der Waals surface area contributed by atoms with Crippen molar-refractivity contribution < 1.29 is 14.2 Å². The average molecular weight is 423 g/mol. The van der Waals surface area contributed by atoms with Crippen molar-refractivity contribution in [3.63, 3.8) is 0 Å². The number of nitrogens with one attached hydrogen (secondary N) is 1. The maximum Gasteiger partial charge on any atom is 0.247 e. The van der Waals surface area contributed by atoms with Gasteiger partial charge in [0.2, 0.25) is 11.0 Å². The summed E-state index contributed by atoms with van der Waals surface area (Å²) in [6.45, 7) is 6.23. The van der Waals surface area contributed by atoms with Gasteiger partial charge >= 0.3 is 0 Å². The second-order valence-electron chi connectivity index (χ2n) is 6.38. The number of methoxy groups -OCH3 is 1. The minimum absolute atomic E-state index is 0.423. The summed E-state index contributed by atoms with van der Waals surface area (Å²) < 4.78 is 17.4. The van der Waals surface area contributed by atoms with Crippen molar-refractivity contribution in [2.45, 2.75) is 18.3 Å². The van der Waals surface area contributed by atoms with E-state index < -0.39 is 6.23 Å². The topological polar surface area (TPSA) is 78.4 Å². The first-order valence-corrected chi connectivity index (χ1v) is 10.5. The predicted molar refractivity (Wildman–Crippen MR) is 117 cm³/mol. The van der Waals surface area contributed by atoms with Crippen LogP contribution in [0.15, 0.2) is 60.3 Å². The van der Waals surface area contributed by atoms with Crippen LogP contribution in [0.2, 0.25) is 0 Å². The van der Waals surface area contributed by atoms with Crippen LogP contribution in [0.25, 0.3) is 11.3 Å². The van der Waals surface area contributed by atoms with Gasteiger partial charge in [-0.25, -0.2) is 0 Å². The molecule has 0 saturated carbocycles. The molecular weight excluding hydrogens is 400 g/mol. The Labute approximate surface area is 179 Å². The van der Waals surface area contributed by atoms with Crippen LogP contribution in [-0.4, -0.2) is 34.7 Å². The first-order chi connectivity index (χ1) is 14.7. The number of anilines is 1. The largest absolute Gasteiger partial charge is 0.493 e. The zero-order valence-corrected chi connectivity index (χ0v) is 17.6. The van der Waals surface area contributed by atoms with Gasteiger partial charge in [0.25, 0.3) is 0 Å². The molecule has 4 rings (SSSR count). The first kappa shape index (κ1) is 20.0. The van der Waals surface area contributed by atoms with Gasteiger partial charge in [-0.15, -0.1) is 16.8 Å². The number of ether oxygens (including phenoxy) is 3. The highest BCUT2D eigenvalue weighted by Gasteiger charge is 2.26. The van der Waals surface area contributed by atoms with Crippen molar-refractivity contribution in [3.05, 3.63) is 60.7 Å². The molecule has 0 unspecified atom stereocenters. The Bertz CT molecular complexity index is 1060.